The zero-order valence-electron chi connectivity index (χ0n) is 20.7. The van der Waals surface area contributed by atoms with Crippen molar-refractivity contribution >= 4 is 16.9 Å². The molecule has 0 amide bonds. The molecule has 38 heavy (non-hydrogen) atoms. The Bertz CT molecular complexity index is 1180. The molecule has 0 radical (unpaired) electrons. The van der Waals surface area contributed by atoms with Gasteiger partial charge >= 0.3 is 11.6 Å². The third kappa shape index (κ3) is 5.77. The van der Waals surface area contributed by atoms with Crippen molar-refractivity contribution in [3.05, 3.63) is 34.7 Å². The van der Waals surface area contributed by atoms with Gasteiger partial charge < -0.3 is 58.4 Å². The van der Waals surface area contributed by atoms with Crippen molar-refractivity contribution in [2.75, 3.05) is 13.7 Å². The molecule has 2 aliphatic heterocycles. The molecule has 2 aromatic rings. The number of methoxy groups -OCH3 is 1. The summed E-state index contributed by atoms with van der Waals surface area (Å²) in [5.74, 6) is -0.577. The second-order valence-electron chi connectivity index (χ2n) is 9.03. The standard InChI is InChI=1S/C24H30O14/c1-9-17(27)19(29)21(31)23(34-9)33-8-15-18(28)20(30)22(35-10(2)25)24(38-15)37-14-7-12-11(6-13(14)32-3)4-5-16(26)36-12/h4-7,9,15,17-24,27-31H,8H2,1-3H3/t9-,15+,17-,18+,19+,20-,21+,22+,23-,24+/m1/s1. The maximum absolute atomic E-state index is 11.7. The van der Waals surface area contributed by atoms with E-state index in [1.54, 1.807) is 0 Å². The first-order chi connectivity index (χ1) is 18.0. The Balaban J connectivity index is 1.57. The van der Waals surface area contributed by atoms with E-state index in [1.165, 1.54) is 38.3 Å². The molecule has 1 aromatic carbocycles. The van der Waals surface area contributed by atoms with Gasteiger partial charge in [-0.1, -0.05) is 0 Å². The summed E-state index contributed by atoms with van der Waals surface area (Å²) in [5.41, 5.74) is -0.443. The van der Waals surface area contributed by atoms with Crippen molar-refractivity contribution in [2.45, 2.75) is 75.3 Å². The zero-order chi connectivity index (χ0) is 27.7. The van der Waals surface area contributed by atoms with Gasteiger partial charge in [-0.15, -0.1) is 0 Å². The third-order valence-corrected chi connectivity index (χ3v) is 6.33. The number of carbonyl (C=O) groups is 1. The lowest BCUT2D eigenvalue weighted by atomic mass is 9.98. The number of aliphatic hydroxyl groups is 5. The van der Waals surface area contributed by atoms with Gasteiger partial charge in [-0.25, -0.2) is 4.79 Å². The highest BCUT2D eigenvalue weighted by Crippen LogP contribution is 2.35. The molecule has 10 atom stereocenters. The number of fused-ring (bicyclic) bond motifs is 1. The number of aliphatic hydroxyl groups excluding tert-OH is 5. The first-order valence-corrected chi connectivity index (χ1v) is 11.8. The van der Waals surface area contributed by atoms with E-state index in [0.29, 0.717) is 5.39 Å². The lowest BCUT2D eigenvalue weighted by Crippen LogP contribution is -2.62. The molecule has 2 saturated heterocycles. The van der Waals surface area contributed by atoms with Crippen LogP contribution in [0.25, 0.3) is 11.0 Å². The van der Waals surface area contributed by atoms with Crippen LogP contribution in [-0.2, 0) is 23.7 Å². The topological polar surface area (TPSA) is 204 Å². The molecule has 0 spiro atoms. The van der Waals surface area contributed by atoms with Crippen LogP contribution in [0.1, 0.15) is 13.8 Å². The van der Waals surface area contributed by atoms with Crippen LogP contribution in [0.2, 0.25) is 0 Å². The molecule has 14 heteroatoms. The molecule has 2 fully saturated rings. The molecule has 0 saturated carbocycles. The minimum absolute atomic E-state index is 0.0109. The van der Waals surface area contributed by atoms with E-state index in [9.17, 15) is 35.1 Å². The van der Waals surface area contributed by atoms with Gasteiger partial charge in [-0.3, -0.25) is 4.79 Å². The molecule has 5 N–H and O–H groups in total. The van der Waals surface area contributed by atoms with Crippen LogP contribution in [-0.4, -0.2) is 107 Å². The summed E-state index contributed by atoms with van der Waals surface area (Å²) in [7, 11) is 1.37. The Morgan fingerprint density at radius 1 is 0.921 bits per heavy atom. The average molecular weight is 542 g/mol. The summed E-state index contributed by atoms with van der Waals surface area (Å²) in [6, 6.07) is 5.65. The van der Waals surface area contributed by atoms with Crippen molar-refractivity contribution in [3.63, 3.8) is 0 Å². The third-order valence-electron chi connectivity index (χ3n) is 6.33. The van der Waals surface area contributed by atoms with E-state index < -0.39 is 79.6 Å². The predicted octanol–water partition coefficient (Wildman–Crippen LogP) is -1.60. The van der Waals surface area contributed by atoms with Gasteiger partial charge in [-0.05, 0) is 19.1 Å². The molecule has 14 nitrogen and oxygen atoms in total. The largest absolute Gasteiger partial charge is 0.493 e. The van der Waals surface area contributed by atoms with Crippen LogP contribution in [0, 0.1) is 0 Å². The minimum atomic E-state index is -1.70. The normalized spacial score (nSPS) is 35.6. The van der Waals surface area contributed by atoms with Crippen LogP contribution in [0.5, 0.6) is 11.5 Å². The van der Waals surface area contributed by atoms with Crippen LogP contribution < -0.4 is 15.1 Å². The Morgan fingerprint density at radius 2 is 1.66 bits per heavy atom. The number of carbonyl (C=O) groups excluding carboxylic acids is 1. The Hall–Kier alpha value is -2.82. The number of hydrogen-bond acceptors (Lipinski definition) is 14. The van der Waals surface area contributed by atoms with Crippen molar-refractivity contribution in [3.8, 4) is 11.5 Å². The maximum Gasteiger partial charge on any atom is 0.336 e. The number of esters is 1. The van der Waals surface area contributed by atoms with Crippen molar-refractivity contribution < 1.29 is 63.2 Å². The summed E-state index contributed by atoms with van der Waals surface area (Å²) in [6.07, 6.45) is -14.4. The predicted molar refractivity (Wildman–Crippen MR) is 124 cm³/mol. The van der Waals surface area contributed by atoms with Crippen molar-refractivity contribution in [1.82, 2.24) is 0 Å². The van der Waals surface area contributed by atoms with Crippen LogP contribution in [0.4, 0.5) is 0 Å². The monoisotopic (exact) mass is 542 g/mol. The summed E-state index contributed by atoms with van der Waals surface area (Å²) in [4.78, 5) is 23.4. The van der Waals surface area contributed by atoms with Gasteiger partial charge in [0.1, 0.15) is 42.2 Å². The number of rotatable bonds is 7. The molecule has 0 aliphatic carbocycles. The van der Waals surface area contributed by atoms with Crippen molar-refractivity contribution in [2.24, 2.45) is 0 Å². The molecule has 4 rings (SSSR count). The van der Waals surface area contributed by atoms with Gasteiger partial charge in [-0.2, -0.15) is 0 Å². The summed E-state index contributed by atoms with van der Waals surface area (Å²) in [5, 5.41) is 52.0. The Kier molecular flexibility index (Phi) is 8.54. The zero-order valence-corrected chi connectivity index (χ0v) is 20.7. The van der Waals surface area contributed by atoms with Crippen molar-refractivity contribution in [1.29, 1.82) is 0 Å². The highest BCUT2D eigenvalue weighted by atomic mass is 16.7. The fourth-order valence-electron chi connectivity index (χ4n) is 4.25. The van der Waals surface area contributed by atoms with E-state index in [0.717, 1.165) is 6.92 Å². The smallest absolute Gasteiger partial charge is 0.336 e. The van der Waals surface area contributed by atoms with E-state index >= 15 is 0 Å². The van der Waals surface area contributed by atoms with Crippen LogP contribution in [0.15, 0.2) is 33.5 Å². The number of benzene rings is 1. The van der Waals surface area contributed by atoms with Gasteiger partial charge in [0.2, 0.25) is 6.29 Å². The molecular formula is C24H30O14. The molecular weight excluding hydrogens is 512 g/mol. The van der Waals surface area contributed by atoms with Gasteiger partial charge in [0.05, 0.1) is 19.8 Å². The SMILES string of the molecule is COc1cc2ccc(=O)oc2cc1O[C@H]1O[C@@H](CO[C@@H]2O[C@H](C)[C@@H](O)[C@H](O)[C@@H]2O)[C@H](O)[C@@H](O)[C@@H]1OC(C)=O. The minimum Gasteiger partial charge on any atom is -0.493 e. The fourth-order valence-corrected chi connectivity index (χ4v) is 4.25. The second-order valence-corrected chi connectivity index (χ2v) is 9.03. The molecule has 210 valence electrons. The maximum atomic E-state index is 11.7. The molecule has 1 aromatic heterocycles. The first-order valence-electron chi connectivity index (χ1n) is 11.8. The first kappa shape index (κ1) is 28.2. The summed E-state index contributed by atoms with van der Waals surface area (Å²) in [6.45, 7) is 2.10. The van der Waals surface area contributed by atoms with Gasteiger partial charge in [0, 0.05) is 24.4 Å². The molecule has 2 aliphatic rings. The lowest BCUT2D eigenvalue weighted by molar-refractivity contribution is -0.319. The van der Waals surface area contributed by atoms with E-state index in [1.807, 2.05) is 0 Å². The van der Waals surface area contributed by atoms with Gasteiger partial charge in [0.15, 0.2) is 23.9 Å². The molecule has 3 heterocycles. The summed E-state index contributed by atoms with van der Waals surface area (Å²) < 4.78 is 38.2. The Morgan fingerprint density at radius 3 is 2.34 bits per heavy atom. The van der Waals surface area contributed by atoms with Crippen LogP contribution in [0.3, 0.4) is 0 Å². The number of ether oxygens (including phenoxy) is 6. The van der Waals surface area contributed by atoms with Crippen LogP contribution >= 0.6 is 0 Å². The highest BCUT2D eigenvalue weighted by molar-refractivity contribution is 5.80. The van der Waals surface area contributed by atoms with E-state index in [4.69, 9.17) is 32.8 Å². The lowest BCUT2D eigenvalue weighted by Gasteiger charge is -2.43. The average Bonchev–Trinajstić information content (AvgIpc) is 2.88. The Labute approximate surface area is 215 Å². The molecule has 0 unspecified atom stereocenters. The second kappa shape index (κ2) is 11.5. The quantitative estimate of drug-likeness (QED) is 0.198. The summed E-state index contributed by atoms with van der Waals surface area (Å²) >= 11 is 0. The molecule has 0 bridgehead atoms. The van der Waals surface area contributed by atoms with E-state index in [-0.39, 0.29) is 17.1 Å². The highest BCUT2D eigenvalue weighted by Gasteiger charge is 2.49. The number of hydrogen-bond donors (Lipinski definition) is 5. The fraction of sp³-hybridized carbons (Fsp3) is 0.583. The van der Waals surface area contributed by atoms with E-state index in [2.05, 4.69) is 0 Å². The van der Waals surface area contributed by atoms with Gasteiger partial charge in [0.25, 0.3) is 0 Å².